The Hall–Kier alpha value is -3.81. The van der Waals surface area contributed by atoms with Gasteiger partial charge in [0.1, 0.15) is 11.2 Å². The summed E-state index contributed by atoms with van der Waals surface area (Å²) in [6, 6.07) is 34.2. The van der Waals surface area contributed by atoms with E-state index in [1.165, 1.54) is 25.7 Å². The molecule has 9 aromatic rings. The molecule has 0 spiro atoms. The molecule has 7 heteroatoms. The van der Waals surface area contributed by atoms with Crippen molar-refractivity contribution in [3.8, 4) is 22.4 Å². The van der Waals surface area contributed by atoms with Gasteiger partial charge in [0.15, 0.2) is 0 Å². The highest BCUT2D eigenvalue weighted by Gasteiger charge is 2.20. The average molecular weight is 648 g/mol. The summed E-state index contributed by atoms with van der Waals surface area (Å²) in [5.41, 5.74) is 6.66. The molecule has 0 fully saturated rings. The Balaban J connectivity index is 1.30. The average Bonchev–Trinajstić information content (AvgIpc) is 3.66. The molecule has 0 aliphatic carbocycles. The largest absolute Gasteiger partial charge is 0.456 e. The summed E-state index contributed by atoms with van der Waals surface area (Å²) in [5, 5.41) is 5.97. The van der Waals surface area contributed by atoms with Crippen LogP contribution in [0.2, 0.25) is 5.28 Å². The second-order valence-electron chi connectivity index (χ2n) is 10.1. The summed E-state index contributed by atoms with van der Waals surface area (Å²) in [4.78, 5) is 9.41. The third-order valence-corrected chi connectivity index (χ3v) is 10.7. The molecule has 0 atom stereocenters. The Morgan fingerprint density at radius 1 is 0.634 bits per heavy atom. The number of thiophene rings is 2. The molecule has 9 rings (SSSR count). The second kappa shape index (κ2) is 8.84. The number of nitrogens with zero attached hydrogens (tertiary/aromatic N) is 2. The number of aromatic nitrogens is 2. The lowest BCUT2D eigenvalue weighted by atomic mass is 9.98. The molecule has 0 N–H and O–H groups in total. The smallest absolute Gasteiger partial charge is 0.223 e. The van der Waals surface area contributed by atoms with E-state index in [1.54, 1.807) is 11.3 Å². The van der Waals surface area contributed by atoms with E-state index in [4.69, 9.17) is 21.0 Å². The Morgan fingerprint density at radius 2 is 1.46 bits per heavy atom. The first-order valence-electron chi connectivity index (χ1n) is 13.0. The van der Waals surface area contributed by atoms with E-state index in [1.807, 2.05) is 29.5 Å². The zero-order valence-electron chi connectivity index (χ0n) is 21.1. The minimum absolute atomic E-state index is 0.233. The van der Waals surface area contributed by atoms with Crippen LogP contribution in [-0.2, 0) is 0 Å². The highest BCUT2D eigenvalue weighted by atomic mass is 79.9. The summed E-state index contributed by atoms with van der Waals surface area (Å²) >= 11 is 13.7. The molecule has 194 valence electrons. The Bertz CT molecular complexity index is 2530. The van der Waals surface area contributed by atoms with E-state index in [2.05, 4.69) is 99.8 Å². The Morgan fingerprint density at radius 3 is 2.39 bits per heavy atom. The van der Waals surface area contributed by atoms with Gasteiger partial charge in [0, 0.05) is 51.1 Å². The molecule has 0 amide bonds. The molecule has 0 saturated heterocycles. The summed E-state index contributed by atoms with van der Waals surface area (Å²) in [5.74, 6) is 0. The normalized spacial score (nSPS) is 12.1. The van der Waals surface area contributed by atoms with Gasteiger partial charge in [-0.1, -0.05) is 64.5 Å². The van der Waals surface area contributed by atoms with Gasteiger partial charge in [0.05, 0.1) is 15.9 Å². The van der Waals surface area contributed by atoms with Crippen molar-refractivity contribution in [3.05, 3.63) is 107 Å². The second-order valence-corrected chi connectivity index (χ2v) is 13.5. The lowest BCUT2D eigenvalue weighted by molar-refractivity contribution is 0.669. The molecule has 0 bridgehead atoms. The molecule has 0 aliphatic heterocycles. The molecule has 0 radical (unpaired) electrons. The molecule has 0 saturated carbocycles. The Kier molecular flexibility index (Phi) is 5.14. The van der Waals surface area contributed by atoms with Crippen LogP contribution in [0.1, 0.15) is 0 Å². The minimum Gasteiger partial charge on any atom is -0.456 e. The van der Waals surface area contributed by atoms with Gasteiger partial charge in [0.25, 0.3) is 0 Å². The molecule has 41 heavy (non-hydrogen) atoms. The number of benzene rings is 5. The summed E-state index contributed by atoms with van der Waals surface area (Å²) < 4.78 is 12.1. The third-order valence-electron chi connectivity index (χ3n) is 7.71. The van der Waals surface area contributed by atoms with E-state index >= 15 is 0 Å². The van der Waals surface area contributed by atoms with Crippen molar-refractivity contribution in [2.45, 2.75) is 0 Å². The van der Waals surface area contributed by atoms with Crippen LogP contribution in [0.15, 0.2) is 106 Å². The van der Waals surface area contributed by atoms with Gasteiger partial charge < -0.3 is 4.42 Å². The van der Waals surface area contributed by atoms with Gasteiger partial charge in [-0.3, -0.25) is 0 Å². The lowest BCUT2D eigenvalue weighted by Crippen LogP contribution is -1.89. The van der Waals surface area contributed by atoms with Crippen LogP contribution in [0.3, 0.4) is 0 Å². The maximum Gasteiger partial charge on any atom is 0.223 e. The molecule has 4 aromatic heterocycles. The number of halogens is 2. The fourth-order valence-corrected chi connectivity index (χ4v) is 8.83. The van der Waals surface area contributed by atoms with E-state index in [0.717, 1.165) is 63.5 Å². The number of fused-ring (bicyclic) bond motifs is 9. The van der Waals surface area contributed by atoms with Crippen LogP contribution in [0, 0.1) is 0 Å². The molecule has 5 aromatic carbocycles. The number of hydrogen-bond acceptors (Lipinski definition) is 5. The van der Waals surface area contributed by atoms with Crippen molar-refractivity contribution >= 4 is 113 Å². The quantitative estimate of drug-likeness (QED) is 0.175. The van der Waals surface area contributed by atoms with Gasteiger partial charge in [-0.05, 0) is 71.3 Å². The zero-order chi connectivity index (χ0) is 27.2. The first-order chi connectivity index (χ1) is 20.1. The fraction of sp³-hybridized carbons (Fsp3) is 0. The van der Waals surface area contributed by atoms with Crippen molar-refractivity contribution in [1.82, 2.24) is 9.97 Å². The summed E-state index contributed by atoms with van der Waals surface area (Å²) in [7, 11) is 0. The van der Waals surface area contributed by atoms with Crippen molar-refractivity contribution in [3.63, 3.8) is 0 Å². The van der Waals surface area contributed by atoms with Gasteiger partial charge in [-0.2, -0.15) is 0 Å². The first kappa shape index (κ1) is 23.9. The van der Waals surface area contributed by atoms with Crippen LogP contribution >= 0.6 is 50.2 Å². The monoisotopic (exact) mass is 646 g/mol. The molecular formula is C34H16BrClN2OS2. The molecule has 4 heterocycles. The summed E-state index contributed by atoms with van der Waals surface area (Å²) in [6.45, 7) is 0. The standard InChI is InChI=1S/C34H16BrClN2OS2/c35-19-10-11-21-29(16-19)41-33-31(21)37-34(36)38-32(33)22-5-3-6-26-30(22)24-15-17(8-12-25(24)39-26)18-9-13-28-23(14-18)20-4-1-2-7-27(20)40-28/h1-16H. The van der Waals surface area contributed by atoms with Crippen molar-refractivity contribution < 1.29 is 4.42 Å². The van der Waals surface area contributed by atoms with Crippen molar-refractivity contribution in [2.75, 3.05) is 0 Å². The first-order valence-corrected chi connectivity index (χ1v) is 15.8. The van der Waals surface area contributed by atoms with Gasteiger partial charge >= 0.3 is 0 Å². The fourth-order valence-electron chi connectivity index (χ4n) is 5.88. The predicted molar refractivity (Wildman–Crippen MR) is 179 cm³/mol. The highest BCUT2D eigenvalue weighted by molar-refractivity contribution is 9.10. The van der Waals surface area contributed by atoms with Crippen LogP contribution in [0.5, 0.6) is 0 Å². The topological polar surface area (TPSA) is 38.9 Å². The summed E-state index contributed by atoms with van der Waals surface area (Å²) in [6.07, 6.45) is 0. The lowest BCUT2D eigenvalue weighted by Gasteiger charge is -2.06. The number of rotatable bonds is 2. The minimum atomic E-state index is 0.233. The van der Waals surface area contributed by atoms with Gasteiger partial charge in [-0.25, -0.2) is 9.97 Å². The van der Waals surface area contributed by atoms with Crippen LogP contribution in [0.25, 0.3) is 84.8 Å². The zero-order valence-corrected chi connectivity index (χ0v) is 25.1. The van der Waals surface area contributed by atoms with Gasteiger partial charge in [-0.15, -0.1) is 22.7 Å². The maximum absolute atomic E-state index is 6.54. The maximum atomic E-state index is 6.54. The highest BCUT2D eigenvalue weighted by Crippen LogP contribution is 2.44. The van der Waals surface area contributed by atoms with Gasteiger partial charge in [0.2, 0.25) is 5.28 Å². The Labute approximate surface area is 254 Å². The van der Waals surface area contributed by atoms with Crippen molar-refractivity contribution in [1.29, 1.82) is 0 Å². The predicted octanol–water partition coefficient (Wildman–Crippen LogP) is 11.9. The molecule has 0 aliphatic rings. The van der Waals surface area contributed by atoms with Crippen LogP contribution < -0.4 is 0 Å². The van der Waals surface area contributed by atoms with E-state index in [9.17, 15) is 0 Å². The molecular weight excluding hydrogens is 632 g/mol. The van der Waals surface area contributed by atoms with E-state index in [0.29, 0.717) is 0 Å². The van der Waals surface area contributed by atoms with Crippen LogP contribution in [0.4, 0.5) is 0 Å². The third kappa shape index (κ3) is 3.61. The SMILES string of the molecule is Clc1nc(-c2cccc3oc4ccc(-c5ccc6sc7ccccc7c6c5)cc4c23)c2sc3cc(Br)ccc3c2n1. The number of furan rings is 1. The van der Waals surface area contributed by atoms with Crippen LogP contribution in [-0.4, -0.2) is 9.97 Å². The van der Waals surface area contributed by atoms with Crippen molar-refractivity contribution in [2.24, 2.45) is 0 Å². The molecule has 3 nitrogen and oxygen atoms in total. The molecule has 0 unspecified atom stereocenters. The van der Waals surface area contributed by atoms with E-state index < -0.39 is 0 Å². The van der Waals surface area contributed by atoms with E-state index in [-0.39, 0.29) is 5.28 Å². The number of hydrogen-bond donors (Lipinski definition) is 0.